The predicted octanol–water partition coefficient (Wildman–Crippen LogP) is 1.00. The van der Waals surface area contributed by atoms with Crippen LogP contribution in [0.5, 0.6) is 0 Å². The third-order valence-corrected chi connectivity index (χ3v) is 4.93. The number of carbonyl (C=O) groups excluding carboxylic acids is 3. The summed E-state index contributed by atoms with van der Waals surface area (Å²) in [6.07, 6.45) is 0.178. The molecular weight excluding hydrogens is 389 g/mol. The normalized spacial score (nSPS) is 19.1. The summed E-state index contributed by atoms with van der Waals surface area (Å²) in [7, 11) is 0. The Balaban J connectivity index is 1.45. The summed E-state index contributed by atoms with van der Waals surface area (Å²) in [6.45, 7) is 2.01. The number of hydrogen-bond acceptors (Lipinski definition) is 7. The van der Waals surface area contributed by atoms with Gasteiger partial charge in [-0.25, -0.2) is 9.18 Å². The number of nitrogens with one attached hydrogen (secondary N) is 3. The largest absolute Gasteiger partial charge is 0.416 e. The number of urea groups is 1. The van der Waals surface area contributed by atoms with Crippen molar-refractivity contribution < 1.29 is 23.2 Å². The van der Waals surface area contributed by atoms with Crippen LogP contribution in [0.1, 0.15) is 18.4 Å². The molecule has 0 radical (unpaired) electrons. The van der Waals surface area contributed by atoms with E-state index in [0.29, 0.717) is 0 Å². The van der Waals surface area contributed by atoms with E-state index in [-0.39, 0.29) is 47.6 Å². The van der Waals surface area contributed by atoms with Crippen LogP contribution in [0.25, 0.3) is 0 Å². The Bertz CT molecular complexity index is 873. The van der Waals surface area contributed by atoms with Gasteiger partial charge in [-0.3, -0.25) is 14.9 Å². The van der Waals surface area contributed by atoms with Crippen LogP contribution < -0.4 is 16.0 Å². The highest BCUT2D eigenvalue weighted by Gasteiger charge is 2.34. The maximum Gasteiger partial charge on any atom is 0.321 e. The van der Waals surface area contributed by atoms with Crippen molar-refractivity contribution in [2.45, 2.75) is 31.2 Å². The van der Waals surface area contributed by atoms with Crippen molar-refractivity contribution in [1.82, 2.24) is 26.1 Å². The van der Waals surface area contributed by atoms with Crippen molar-refractivity contribution in [3.05, 3.63) is 41.5 Å². The first-order valence-electron chi connectivity index (χ1n) is 8.48. The average molecular weight is 407 g/mol. The second kappa shape index (κ2) is 8.83. The summed E-state index contributed by atoms with van der Waals surface area (Å²) in [5.74, 6) is -1.17. The highest BCUT2D eigenvalue weighted by atomic mass is 32.2. The van der Waals surface area contributed by atoms with Gasteiger partial charge in [-0.1, -0.05) is 23.9 Å². The molecule has 1 saturated heterocycles. The Labute approximate surface area is 163 Å². The van der Waals surface area contributed by atoms with Crippen LogP contribution in [0.3, 0.4) is 0 Å². The third kappa shape index (κ3) is 5.28. The molecule has 2 unspecified atom stereocenters. The van der Waals surface area contributed by atoms with Crippen LogP contribution in [-0.4, -0.2) is 39.8 Å². The van der Waals surface area contributed by atoms with Crippen molar-refractivity contribution >= 4 is 29.6 Å². The zero-order valence-electron chi connectivity index (χ0n) is 14.9. The highest BCUT2D eigenvalue weighted by molar-refractivity contribution is 7.99. The maximum absolute atomic E-state index is 12.8. The van der Waals surface area contributed by atoms with Crippen molar-refractivity contribution in [2.24, 2.45) is 5.92 Å². The van der Waals surface area contributed by atoms with Crippen LogP contribution in [0, 0.1) is 11.7 Å². The quantitative estimate of drug-likeness (QED) is 0.585. The second-order valence-electron chi connectivity index (χ2n) is 6.22. The number of hydrogen-bond donors (Lipinski definition) is 3. The first-order chi connectivity index (χ1) is 13.4. The molecule has 0 aliphatic carbocycles. The molecule has 1 fully saturated rings. The maximum atomic E-state index is 12.8. The molecule has 9 nitrogen and oxygen atoms in total. The van der Waals surface area contributed by atoms with Gasteiger partial charge in [0.15, 0.2) is 0 Å². The first kappa shape index (κ1) is 19.8. The van der Waals surface area contributed by atoms with Gasteiger partial charge in [-0.05, 0) is 24.6 Å². The van der Waals surface area contributed by atoms with E-state index in [1.54, 1.807) is 19.1 Å². The minimum absolute atomic E-state index is 0.0687. The lowest BCUT2D eigenvalue weighted by Gasteiger charge is -2.27. The fraction of sp³-hybridized carbons (Fsp3) is 0.353. The SMILES string of the molecule is CC1NC(=O)NC(=O)C1Cc1nnc(SCC(=O)NCc2ccc(F)cc2)o1. The molecule has 148 valence electrons. The number of halogens is 1. The van der Waals surface area contributed by atoms with Crippen LogP contribution in [0.4, 0.5) is 9.18 Å². The van der Waals surface area contributed by atoms with Crippen LogP contribution in [0.2, 0.25) is 0 Å². The number of benzene rings is 1. The van der Waals surface area contributed by atoms with Gasteiger partial charge in [0.25, 0.3) is 5.22 Å². The summed E-state index contributed by atoms with van der Waals surface area (Å²) in [5, 5.41) is 15.5. The van der Waals surface area contributed by atoms with E-state index in [1.165, 1.54) is 12.1 Å². The Kier molecular flexibility index (Phi) is 6.24. The standard InChI is InChI=1S/C17H18FN5O4S/c1-9-12(15(25)21-16(26)20-9)6-14-22-23-17(27-14)28-8-13(24)19-7-10-2-4-11(18)5-3-10/h2-5,9,12H,6-8H2,1H3,(H,19,24)(H2,20,21,25,26). The van der Waals surface area contributed by atoms with Gasteiger partial charge in [0, 0.05) is 19.0 Å². The van der Waals surface area contributed by atoms with E-state index in [0.717, 1.165) is 17.3 Å². The van der Waals surface area contributed by atoms with Crippen LogP contribution in [-0.2, 0) is 22.6 Å². The first-order valence-corrected chi connectivity index (χ1v) is 9.47. The molecule has 0 saturated carbocycles. The molecule has 3 rings (SSSR count). The topological polar surface area (TPSA) is 126 Å². The molecule has 1 aromatic carbocycles. The van der Waals surface area contributed by atoms with Gasteiger partial charge in [0.05, 0.1) is 11.7 Å². The Morgan fingerprint density at radius 2 is 2.04 bits per heavy atom. The van der Waals surface area contributed by atoms with Crippen molar-refractivity contribution in [1.29, 1.82) is 0 Å². The Hall–Kier alpha value is -2.95. The van der Waals surface area contributed by atoms with E-state index < -0.39 is 17.9 Å². The molecule has 28 heavy (non-hydrogen) atoms. The number of nitrogens with zero attached hydrogens (tertiary/aromatic N) is 2. The fourth-order valence-electron chi connectivity index (χ4n) is 2.59. The molecule has 1 aromatic heterocycles. The van der Waals surface area contributed by atoms with Gasteiger partial charge in [-0.2, -0.15) is 0 Å². The van der Waals surface area contributed by atoms with Crippen molar-refractivity contribution in [3.63, 3.8) is 0 Å². The molecule has 1 aliphatic rings. The smallest absolute Gasteiger partial charge is 0.321 e. The number of thioether (sulfide) groups is 1. The fourth-order valence-corrected chi connectivity index (χ4v) is 3.20. The number of carbonyl (C=O) groups is 3. The van der Waals surface area contributed by atoms with Crippen molar-refractivity contribution in [2.75, 3.05) is 5.75 Å². The van der Waals surface area contributed by atoms with Crippen LogP contribution >= 0.6 is 11.8 Å². The summed E-state index contributed by atoms with van der Waals surface area (Å²) in [4.78, 5) is 35.1. The van der Waals surface area contributed by atoms with Gasteiger partial charge >= 0.3 is 6.03 Å². The summed E-state index contributed by atoms with van der Waals surface area (Å²) < 4.78 is 18.3. The van der Waals surface area contributed by atoms with E-state index in [1.807, 2.05) is 0 Å². The lowest BCUT2D eigenvalue weighted by molar-refractivity contribution is -0.125. The zero-order valence-corrected chi connectivity index (χ0v) is 15.7. The molecule has 3 N–H and O–H groups in total. The minimum atomic E-state index is -0.526. The van der Waals surface area contributed by atoms with Gasteiger partial charge in [0.2, 0.25) is 17.7 Å². The van der Waals surface area contributed by atoms with Crippen molar-refractivity contribution in [3.8, 4) is 0 Å². The second-order valence-corrected chi connectivity index (χ2v) is 7.14. The summed E-state index contributed by atoms with van der Waals surface area (Å²) in [5.41, 5.74) is 0.784. The molecule has 2 aromatic rings. The monoisotopic (exact) mass is 407 g/mol. The predicted molar refractivity (Wildman–Crippen MR) is 96.6 cm³/mol. The molecule has 11 heteroatoms. The van der Waals surface area contributed by atoms with Gasteiger partial charge in [0.1, 0.15) is 5.82 Å². The zero-order chi connectivity index (χ0) is 20.1. The molecule has 0 spiro atoms. The van der Waals surface area contributed by atoms with Gasteiger partial charge in [-0.15, -0.1) is 10.2 Å². The number of rotatable bonds is 7. The van der Waals surface area contributed by atoms with Gasteiger partial charge < -0.3 is 15.1 Å². The molecule has 1 aliphatic heterocycles. The summed E-state index contributed by atoms with van der Waals surface area (Å²) >= 11 is 1.07. The van der Waals surface area contributed by atoms with E-state index in [9.17, 15) is 18.8 Å². The van der Waals surface area contributed by atoms with E-state index >= 15 is 0 Å². The number of amides is 4. The Morgan fingerprint density at radius 1 is 1.29 bits per heavy atom. The lowest BCUT2D eigenvalue weighted by atomic mass is 9.95. The molecule has 2 atom stereocenters. The molecule has 2 heterocycles. The molecule has 4 amide bonds. The number of aromatic nitrogens is 2. The molecular formula is C17H18FN5O4S. The minimum Gasteiger partial charge on any atom is -0.416 e. The highest BCUT2D eigenvalue weighted by Crippen LogP contribution is 2.20. The van der Waals surface area contributed by atoms with E-state index in [4.69, 9.17) is 4.42 Å². The number of imide groups is 1. The molecule has 0 bridgehead atoms. The summed E-state index contributed by atoms with van der Waals surface area (Å²) in [6, 6.07) is 4.96. The van der Waals surface area contributed by atoms with E-state index in [2.05, 4.69) is 26.1 Å². The average Bonchev–Trinajstić information content (AvgIpc) is 3.10. The van der Waals surface area contributed by atoms with Crippen LogP contribution in [0.15, 0.2) is 33.9 Å². The Morgan fingerprint density at radius 3 is 2.75 bits per heavy atom. The lowest BCUT2D eigenvalue weighted by Crippen LogP contribution is -2.57. The third-order valence-electron chi connectivity index (χ3n) is 4.11.